The molecule has 750 valence electrons. The summed E-state index contributed by atoms with van der Waals surface area (Å²) in [6, 6.07) is 32.2. The van der Waals surface area contributed by atoms with Gasteiger partial charge in [-0.15, -0.1) is 0 Å². The van der Waals surface area contributed by atoms with Gasteiger partial charge in [-0.1, -0.05) is 110 Å². The number of fused-ring (bicyclic) bond motifs is 1. The van der Waals surface area contributed by atoms with Crippen molar-refractivity contribution in [3.8, 4) is 0 Å². The molecule has 15 saturated carbocycles. The number of halogens is 2. The largest absolute Gasteiger partial charge is 0.465 e. The van der Waals surface area contributed by atoms with E-state index in [2.05, 4.69) is 119 Å². The van der Waals surface area contributed by atoms with Gasteiger partial charge in [0.1, 0.15) is 29.0 Å². The third-order valence-corrected chi connectivity index (χ3v) is 36.0. The monoisotopic (exact) mass is 1890 g/mol. The van der Waals surface area contributed by atoms with E-state index >= 15 is 0 Å². The molecule has 17 aliphatic rings. The predicted octanol–water partition coefficient (Wildman–Crippen LogP) is 23.6. The zero-order chi connectivity index (χ0) is 98.1. The molecule has 2 aliphatic heterocycles. The van der Waals surface area contributed by atoms with Gasteiger partial charge in [-0.05, 0) is 364 Å². The molecule has 16 bridgehead atoms. The van der Waals surface area contributed by atoms with Gasteiger partial charge in [-0.25, -0.2) is 9.59 Å². The molecule has 3 aromatic rings. The lowest BCUT2D eigenvalue weighted by atomic mass is 9.44. The van der Waals surface area contributed by atoms with Crippen molar-refractivity contribution in [3.05, 3.63) is 91.0 Å². The van der Waals surface area contributed by atoms with Crippen LogP contribution in [-0.4, -0.2) is 143 Å². The summed E-state index contributed by atoms with van der Waals surface area (Å²) in [5.74, 6) is -0.893. The van der Waals surface area contributed by atoms with Gasteiger partial charge in [0, 0.05) is 44.1 Å². The highest BCUT2D eigenvalue weighted by atomic mass is 32.2. The number of ether oxygens (including phenoxy) is 10. The number of aliphatic hydroxyl groups is 2. The first kappa shape index (κ1) is 108. The van der Waals surface area contributed by atoms with Crippen molar-refractivity contribution < 1.29 is 105 Å². The van der Waals surface area contributed by atoms with Crippen LogP contribution in [0.1, 0.15) is 350 Å². The van der Waals surface area contributed by atoms with Gasteiger partial charge >= 0.3 is 53.7 Å². The Bertz CT molecular complexity index is 4240. The second-order valence-corrected chi connectivity index (χ2v) is 49.1. The third-order valence-electron chi connectivity index (χ3n) is 33.8. The molecule has 23 heteroatoms. The van der Waals surface area contributed by atoms with Crippen LogP contribution >= 0.6 is 0 Å². The van der Waals surface area contributed by atoms with Crippen LogP contribution in [0.15, 0.2) is 106 Å². The van der Waals surface area contributed by atoms with Crippen LogP contribution < -0.4 is 0 Å². The number of esters is 8. The first-order valence-corrected chi connectivity index (χ1v) is 52.7. The van der Waals surface area contributed by atoms with E-state index < -0.39 is 63.0 Å². The second kappa shape index (κ2) is 44.1. The number of hydrogen-bond donors (Lipinski definition) is 2. The molecule has 0 radical (unpaired) electrons. The zero-order valence-corrected chi connectivity index (χ0v) is 85.8. The highest BCUT2D eigenvalue weighted by molar-refractivity contribution is 7.97. The minimum Gasteiger partial charge on any atom is -0.465 e. The summed E-state index contributed by atoms with van der Waals surface area (Å²) in [6.07, 6.45) is 29.4. The smallest absolute Gasteiger partial charge is 0.376 e. The summed E-state index contributed by atoms with van der Waals surface area (Å²) in [6.45, 7) is 39.4. The van der Waals surface area contributed by atoms with Gasteiger partial charge < -0.3 is 57.6 Å². The highest BCUT2D eigenvalue weighted by Crippen LogP contribution is 2.67. The van der Waals surface area contributed by atoms with E-state index in [9.17, 15) is 57.4 Å². The van der Waals surface area contributed by atoms with E-state index in [1.807, 2.05) is 90.0 Å². The molecular weight excluding hydrogens is 1720 g/mol. The number of benzene rings is 3. The number of unbranched alkanes of at least 4 members (excludes halogenated alkanes) is 1. The number of carbonyl (C=O) groups excluding carboxylic acids is 8. The van der Waals surface area contributed by atoms with Crippen LogP contribution in [0.4, 0.5) is 8.78 Å². The van der Waals surface area contributed by atoms with E-state index in [0.29, 0.717) is 87.9 Å². The second-order valence-electron chi connectivity index (χ2n) is 47.1. The highest BCUT2D eigenvalue weighted by Gasteiger charge is 2.66. The maximum atomic E-state index is 13.3. The molecule has 20 nitrogen and oxygen atoms in total. The maximum Gasteiger partial charge on any atom is 0.376 e. The molecule has 20 rings (SSSR count). The molecular formula is C111H167F2O20S+. The topological polar surface area (TPSA) is 269 Å². The fourth-order valence-electron chi connectivity index (χ4n) is 25.3. The van der Waals surface area contributed by atoms with Gasteiger partial charge in [0.15, 0.2) is 27.6 Å². The normalized spacial score (nSPS) is 31.5. The number of rotatable bonds is 33. The Morgan fingerprint density at radius 3 is 1.36 bits per heavy atom. The lowest BCUT2D eigenvalue weighted by Crippen LogP contribution is -2.67. The summed E-state index contributed by atoms with van der Waals surface area (Å²) < 4.78 is 83.2. The summed E-state index contributed by atoms with van der Waals surface area (Å²) in [5, 5.41) is 21.3. The van der Waals surface area contributed by atoms with E-state index in [1.165, 1.54) is 66.1 Å². The van der Waals surface area contributed by atoms with E-state index in [-0.39, 0.29) is 117 Å². The Morgan fingerprint density at radius 2 is 0.896 bits per heavy atom. The van der Waals surface area contributed by atoms with Crippen molar-refractivity contribution in [3.63, 3.8) is 0 Å². The molecule has 2 heterocycles. The quantitative estimate of drug-likeness (QED) is 0.0189. The van der Waals surface area contributed by atoms with Crippen LogP contribution in [0.3, 0.4) is 0 Å². The predicted molar refractivity (Wildman–Crippen MR) is 512 cm³/mol. The summed E-state index contributed by atoms with van der Waals surface area (Å²) in [5.41, 5.74) is -5.09. The first-order chi connectivity index (χ1) is 62.9. The van der Waals surface area contributed by atoms with Crippen LogP contribution in [0.2, 0.25) is 0 Å². The number of carbonyl (C=O) groups is 8. The van der Waals surface area contributed by atoms with Gasteiger partial charge in [0.2, 0.25) is 0 Å². The molecule has 2 N–H and O–H groups in total. The fraction of sp³-hybridized carbons (Fsp3) is 0.766. The molecule has 0 amide bonds. The molecule has 0 aromatic heterocycles. The van der Waals surface area contributed by atoms with Crippen molar-refractivity contribution >= 4 is 58.6 Å². The van der Waals surface area contributed by atoms with Crippen molar-refractivity contribution in [2.45, 2.75) is 417 Å². The Kier molecular flexibility index (Phi) is 35.5. The molecule has 134 heavy (non-hydrogen) atoms. The molecule has 0 spiro atoms. The lowest BCUT2D eigenvalue weighted by Gasteiger charge is -2.62. The lowest BCUT2D eigenvalue weighted by molar-refractivity contribution is -0.264. The summed E-state index contributed by atoms with van der Waals surface area (Å²) in [4.78, 5) is 101. The van der Waals surface area contributed by atoms with Gasteiger partial charge in [0.05, 0.1) is 74.9 Å². The Labute approximate surface area is 803 Å². The van der Waals surface area contributed by atoms with E-state index in [4.69, 9.17) is 47.4 Å². The number of alkyl halides is 2. The number of hydrogen-bond acceptors (Lipinski definition) is 20. The minimum absolute atomic E-state index is 0.00310. The van der Waals surface area contributed by atoms with Crippen molar-refractivity contribution in [2.75, 3.05) is 33.0 Å². The van der Waals surface area contributed by atoms with Crippen LogP contribution in [0.25, 0.3) is 0 Å². The van der Waals surface area contributed by atoms with Crippen molar-refractivity contribution in [2.24, 2.45) is 103 Å². The minimum atomic E-state index is -3.45. The van der Waals surface area contributed by atoms with Crippen molar-refractivity contribution in [1.82, 2.24) is 0 Å². The Hall–Kier alpha value is -6.53. The Balaban J connectivity index is 0.000000158. The van der Waals surface area contributed by atoms with Crippen LogP contribution in [0, 0.1) is 103 Å². The first-order valence-electron chi connectivity index (χ1n) is 51.4. The molecule has 3 aromatic carbocycles. The average molecular weight is 1890 g/mol. The summed E-state index contributed by atoms with van der Waals surface area (Å²) >= 11 is 0. The standard InChI is InChI=1S/C27H44F2O6.C19H32O2.C18H26O6.C18H15S.C16H26O4.C13H24O2/c1-6-24(3,4)22(30)33-10-8-7-9-32-19(2)34-17-26-12-20-11-21(13-26)15-27(14-20,16-26)18-35-23(31)25(5,28)29;1-6-18(4,5)17(20)21-19(12(2)3)15-8-13-7-14(10-15)11-16(19)9-13;1-4-18(2,3)17(21)22-9-14(19)24-15-11-5-10-6-12(8-11)16(20)23-13(15)7-10;1-4-10-16(11-5-1)19(17-12-6-2-7-13-17)18-14-8-3-9-15-18;1-4-13(2,3)12(17)20-16-7-11-5-14(18,9-16)8-15(19,6-11)10-16;1-5-12(3,4)11(14)15-13(6-2)9-7-8-10-13/h19-21H,6-18H2,1-5H3;12-16H,6-11H2,1-5H3;10-13,15H,4-9H2,1-3H3;1-15H;11,18-19H,4-10H2,1-3H3;5-10H2,1-4H3/q;;;+1;;. The molecule has 2 saturated heterocycles. The van der Waals surface area contributed by atoms with Gasteiger partial charge in [0.25, 0.3) is 0 Å². The molecule has 10 atom stereocenters. The molecule has 17 fully saturated rings. The van der Waals surface area contributed by atoms with Gasteiger partial charge in [-0.2, -0.15) is 8.78 Å². The zero-order valence-electron chi connectivity index (χ0n) is 85.0. The van der Waals surface area contributed by atoms with Crippen LogP contribution in [0.5, 0.6) is 0 Å². The fourth-order valence-corrected chi connectivity index (χ4v) is 27.4. The SMILES string of the molecule is CCC(C)(C)C(=O)OC1(C(C)C)C2CC3CC(C2)CC1C3.CCC(C)(C)C(=O)OC12CC3CC(O)(CC(O)(C3)C1)C2.CCC(C)(C)C(=O)OCC(=O)OC1C2CC3CC(C2)C(=O)OC1C3.CCC(C)(C)C(=O)OCCCCOC(C)OCC12CC3CC(CC(COC(=O)C(C)(F)F)(C3)C1)C2.CCC1(OC(=O)C(C)(C)CC)CCCC1.c1ccc([S+](c2ccccc2)c2ccccc2)cc1. The Morgan fingerprint density at radius 1 is 0.455 bits per heavy atom. The molecule has 10 unspecified atom stereocenters. The van der Waals surface area contributed by atoms with Crippen LogP contribution in [-0.2, 0) is 96.6 Å². The van der Waals surface area contributed by atoms with Crippen molar-refractivity contribution in [1.29, 1.82) is 0 Å². The average Bonchev–Trinajstić information content (AvgIpc) is 1.01. The maximum absolute atomic E-state index is 13.3. The van der Waals surface area contributed by atoms with Gasteiger partial charge in [-0.3, -0.25) is 28.8 Å². The third kappa shape index (κ3) is 26.6. The summed E-state index contributed by atoms with van der Waals surface area (Å²) in [7, 11) is -0.0146. The van der Waals surface area contributed by atoms with E-state index in [0.717, 1.165) is 147 Å². The molecule has 15 aliphatic carbocycles. The van der Waals surface area contributed by atoms with E-state index in [1.54, 1.807) is 13.8 Å².